The molecule has 208 valence electrons. The van der Waals surface area contributed by atoms with E-state index in [1.165, 1.54) is 9.91 Å². The molecule has 4 amide bonds. The third kappa shape index (κ3) is 7.66. The van der Waals surface area contributed by atoms with Crippen LogP contribution in [-0.4, -0.2) is 65.3 Å². The minimum atomic E-state index is -0.812. The van der Waals surface area contributed by atoms with Crippen molar-refractivity contribution in [3.8, 4) is 0 Å². The summed E-state index contributed by atoms with van der Waals surface area (Å²) in [6.07, 6.45) is 8.21. The first-order valence-corrected chi connectivity index (χ1v) is 13.8. The van der Waals surface area contributed by atoms with Crippen molar-refractivity contribution < 1.29 is 19.2 Å². The highest BCUT2D eigenvalue weighted by Crippen LogP contribution is 2.18. The highest BCUT2D eigenvalue weighted by atomic mass is 16.2. The van der Waals surface area contributed by atoms with Gasteiger partial charge < -0.3 is 15.5 Å². The maximum atomic E-state index is 13.2. The fraction of sp³-hybridized carbons (Fsp3) is 0.586. The van der Waals surface area contributed by atoms with Gasteiger partial charge in [-0.25, -0.2) is 5.43 Å². The van der Waals surface area contributed by atoms with Gasteiger partial charge >= 0.3 is 0 Å². The number of rotatable bonds is 1. The smallest absolute Gasteiger partial charge is 0.258 e. The van der Waals surface area contributed by atoms with Crippen molar-refractivity contribution in [2.24, 2.45) is 5.92 Å². The zero-order valence-electron chi connectivity index (χ0n) is 23.3. The molecule has 3 N–H and O–H groups in total. The van der Waals surface area contributed by atoms with Crippen LogP contribution in [0.3, 0.4) is 0 Å². The van der Waals surface area contributed by atoms with E-state index < -0.39 is 18.1 Å². The van der Waals surface area contributed by atoms with Crippen LogP contribution in [-0.2, 0) is 19.2 Å². The lowest BCUT2D eigenvalue weighted by atomic mass is 10.0. The van der Waals surface area contributed by atoms with Crippen molar-refractivity contribution in [3.05, 3.63) is 41.5 Å². The van der Waals surface area contributed by atoms with Crippen LogP contribution in [0.2, 0.25) is 0 Å². The monoisotopic (exact) mass is 525 g/mol. The van der Waals surface area contributed by atoms with Gasteiger partial charge in [-0.05, 0) is 69.1 Å². The fourth-order valence-corrected chi connectivity index (χ4v) is 5.07. The molecule has 0 radical (unpaired) electrons. The molecular weight excluding hydrogens is 482 g/mol. The van der Waals surface area contributed by atoms with Gasteiger partial charge in [0.05, 0.1) is 6.04 Å². The number of benzene rings is 1. The van der Waals surface area contributed by atoms with Gasteiger partial charge in [0.2, 0.25) is 17.7 Å². The number of carbonyl (C=O) groups excluding carboxylic acids is 4. The molecule has 9 nitrogen and oxygen atoms in total. The largest absolute Gasteiger partial charge is 0.348 e. The molecule has 4 atom stereocenters. The molecule has 3 rings (SSSR count). The number of nitrogens with one attached hydrogen (secondary N) is 3. The normalized spacial score (nSPS) is 26.9. The molecule has 0 aromatic heterocycles. The minimum Gasteiger partial charge on any atom is -0.348 e. The summed E-state index contributed by atoms with van der Waals surface area (Å²) in [5.74, 6) is -1.06. The van der Waals surface area contributed by atoms with E-state index in [4.69, 9.17) is 0 Å². The molecule has 38 heavy (non-hydrogen) atoms. The summed E-state index contributed by atoms with van der Waals surface area (Å²) < 4.78 is 0. The van der Waals surface area contributed by atoms with Crippen LogP contribution in [0.4, 0.5) is 0 Å². The van der Waals surface area contributed by atoms with E-state index in [-0.39, 0.29) is 35.6 Å². The molecule has 0 unspecified atom stereocenters. The van der Waals surface area contributed by atoms with Gasteiger partial charge in [0.1, 0.15) is 18.1 Å². The molecule has 0 aliphatic carbocycles. The predicted molar refractivity (Wildman–Crippen MR) is 147 cm³/mol. The first-order valence-electron chi connectivity index (χ1n) is 13.8. The van der Waals surface area contributed by atoms with Gasteiger partial charge in [0.15, 0.2) is 0 Å². The third-order valence-corrected chi connectivity index (χ3v) is 7.30. The van der Waals surface area contributed by atoms with E-state index >= 15 is 0 Å². The summed E-state index contributed by atoms with van der Waals surface area (Å²) in [6, 6.07) is 5.81. The highest BCUT2D eigenvalue weighted by molar-refractivity contribution is 5.92. The third-order valence-electron chi connectivity index (χ3n) is 7.30. The molecule has 2 heterocycles. The van der Waals surface area contributed by atoms with E-state index in [2.05, 4.69) is 34.3 Å². The molecule has 0 saturated carbocycles. The predicted octanol–water partition coefficient (Wildman–Crippen LogP) is 2.93. The van der Waals surface area contributed by atoms with Crippen LogP contribution in [0.5, 0.6) is 0 Å². The summed E-state index contributed by atoms with van der Waals surface area (Å²) in [4.78, 5) is 53.8. The van der Waals surface area contributed by atoms with Gasteiger partial charge in [-0.2, -0.15) is 0 Å². The highest BCUT2D eigenvalue weighted by Gasteiger charge is 2.34. The first kappa shape index (κ1) is 29.4. The lowest BCUT2D eigenvalue weighted by molar-refractivity contribution is -0.145. The minimum absolute atomic E-state index is 0.0859. The Balaban J connectivity index is 1.82. The molecule has 0 spiro atoms. The topological polar surface area (TPSA) is 111 Å². The van der Waals surface area contributed by atoms with Gasteiger partial charge in [-0.1, -0.05) is 44.2 Å². The zero-order valence-corrected chi connectivity index (χ0v) is 23.3. The van der Waals surface area contributed by atoms with E-state index in [1.54, 1.807) is 14.0 Å². The Bertz CT molecular complexity index is 1040. The molecule has 9 heteroatoms. The summed E-state index contributed by atoms with van der Waals surface area (Å²) in [7, 11) is 1.65. The molecule has 1 aromatic rings. The van der Waals surface area contributed by atoms with E-state index in [9.17, 15) is 19.2 Å². The Hall–Kier alpha value is -3.20. The average Bonchev–Trinajstić information content (AvgIpc) is 2.89. The number of carbonyl (C=O) groups is 4. The van der Waals surface area contributed by atoms with Crippen molar-refractivity contribution in [2.75, 3.05) is 13.6 Å². The molecule has 1 fully saturated rings. The molecular formula is C29H43N5O4. The fourth-order valence-electron chi connectivity index (χ4n) is 5.07. The number of amides is 4. The number of likely N-dealkylation sites (N-methyl/N-ethyl adjacent to an activating group) is 1. The van der Waals surface area contributed by atoms with Gasteiger partial charge in [-0.3, -0.25) is 24.2 Å². The maximum Gasteiger partial charge on any atom is 0.258 e. The van der Waals surface area contributed by atoms with Gasteiger partial charge in [-0.15, -0.1) is 0 Å². The standard InChI is InChI=1S/C29H43N5O4/c1-19(2)26-28(37)31-21(4)29(38)34-17-11-15-24(32-34)27(36)30-20(3)23-14-10-13-22(18-23)12-8-6-7-9-16-25(35)33(26)5/h8,10,12-14,18-21,24,26,32H,6-7,9,11,15-17H2,1-5H3,(H,30,36)(H,31,37)/t20-,21+,24+,26+/m1/s1. The number of hydrogen-bond acceptors (Lipinski definition) is 5. The second-order valence-corrected chi connectivity index (χ2v) is 10.8. The molecule has 2 aliphatic rings. The molecule has 1 saturated heterocycles. The Morgan fingerprint density at radius 3 is 2.42 bits per heavy atom. The van der Waals surface area contributed by atoms with Crippen molar-refractivity contribution in [1.29, 1.82) is 0 Å². The Kier molecular flexibility index (Phi) is 10.5. The van der Waals surface area contributed by atoms with Crippen molar-refractivity contribution in [1.82, 2.24) is 26.0 Å². The van der Waals surface area contributed by atoms with Crippen LogP contribution < -0.4 is 16.1 Å². The first-order chi connectivity index (χ1) is 18.1. The molecule has 4 bridgehead atoms. The number of fused-ring (bicyclic) bond motifs is 4. The Labute approximate surface area is 226 Å². The quantitative estimate of drug-likeness (QED) is 0.522. The molecule has 2 aliphatic heterocycles. The summed E-state index contributed by atoms with van der Waals surface area (Å²) >= 11 is 0. The van der Waals surface area contributed by atoms with Gasteiger partial charge in [0, 0.05) is 20.0 Å². The summed E-state index contributed by atoms with van der Waals surface area (Å²) in [6.45, 7) is 7.80. The molecule has 1 aromatic carbocycles. The number of hydrogen-bond donors (Lipinski definition) is 3. The zero-order chi connectivity index (χ0) is 27.8. The van der Waals surface area contributed by atoms with E-state index in [0.717, 1.165) is 30.4 Å². The van der Waals surface area contributed by atoms with Crippen molar-refractivity contribution in [2.45, 2.75) is 90.4 Å². The van der Waals surface area contributed by atoms with E-state index in [0.29, 0.717) is 25.8 Å². The van der Waals surface area contributed by atoms with Crippen LogP contribution in [0.25, 0.3) is 6.08 Å². The van der Waals surface area contributed by atoms with E-state index in [1.807, 2.05) is 39.0 Å². The lowest BCUT2D eigenvalue weighted by Gasteiger charge is -2.36. The van der Waals surface area contributed by atoms with Crippen molar-refractivity contribution >= 4 is 29.7 Å². The van der Waals surface area contributed by atoms with Crippen LogP contribution in [0.15, 0.2) is 30.3 Å². The number of hydrazine groups is 1. The Morgan fingerprint density at radius 1 is 0.947 bits per heavy atom. The second-order valence-electron chi connectivity index (χ2n) is 10.8. The SMILES string of the molecule is CC(C)[C@H]1C(=O)N[C@@H](C)C(=O)N2CCC[C@H](N2)C(=O)N[C@H](C)c2cccc(c2)C=CCCCCC(=O)N1C. The van der Waals surface area contributed by atoms with Crippen LogP contribution in [0.1, 0.15) is 83.4 Å². The number of nitrogens with zero attached hydrogens (tertiary/aromatic N) is 2. The Morgan fingerprint density at radius 2 is 1.68 bits per heavy atom. The lowest BCUT2D eigenvalue weighted by Crippen LogP contribution is -2.62. The van der Waals surface area contributed by atoms with Crippen LogP contribution in [0, 0.1) is 5.92 Å². The summed E-state index contributed by atoms with van der Waals surface area (Å²) in [5, 5.41) is 7.30. The maximum absolute atomic E-state index is 13.2. The van der Waals surface area contributed by atoms with Crippen molar-refractivity contribution in [3.63, 3.8) is 0 Å². The summed E-state index contributed by atoms with van der Waals surface area (Å²) in [5.41, 5.74) is 5.10. The van der Waals surface area contributed by atoms with Gasteiger partial charge in [0.25, 0.3) is 5.91 Å². The second kappa shape index (κ2) is 13.6. The number of allylic oxidation sites excluding steroid dienone is 1. The van der Waals surface area contributed by atoms with Crippen LogP contribution >= 0.6 is 0 Å². The average molecular weight is 526 g/mol.